The average Bonchev–Trinajstić information content (AvgIpc) is 3.49. The van der Waals surface area contributed by atoms with Gasteiger partial charge in [0.15, 0.2) is 0 Å². The molecule has 0 spiro atoms. The molecule has 2 aromatic carbocycles. The molecule has 2 saturated heterocycles. The fourth-order valence-electron chi connectivity index (χ4n) is 4.19. The summed E-state index contributed by atoms with van der Waals surface area (Å²) in [5.74, 6) is 0.153. The van der Waals surface area contributed by atoms with E-state index >= 15 is 0 Å². The zero-order chi connectivity index (χ0) is 22.6. The Morgan fingerprint density at radius 1 is 1.06 bits per heavy atom. The van der Waals surface area contributed by atoms with Crippen LogP contribution in [-0.4, -0.2) is 61.1 Å². The standard InChI is InChI=1S/C25H26N4O3S/c30-23(16-28-10-12-32-13-11-28)26-20-6-1-5-19(14-20)25-27-22(17-33-25)18-4-2-7-21(15-18)29-9-3-8-24(29)31/h1-2,4-7,14-15,17H,3,8-13,16H2,(H,26,30). The van der Waals surface area contributed by atoms with Gasteiger partial charge in [0.2, 0.25) is 11.8 Å². The fourth-order valence-corrected chi connectivity index (χ4v) is 5.01. The van der Waals surface area contributed by atoms with Gasteiger partial charge < -0.3 is 15.0 Å². The van der Waals surface area contributed by atoms with E-state index in [-0.39, 0.29) is 11.8 Å². The topological polar surface area (TPSA) is 74.8 Å². The Morgan fingerprint density at radius 2 is 1.88 bits per heavy atom. The molecule has 2 aliphatic rings. The van der Waals surface area contributed by atoms with Crippen molar-refractivity contribution in [2.24, 2.45) is 0 Å². The van der Waals surface area contributed by atoms with Gasteiger partial charge in [0.05, 0.1) is 25.5 Å². The van der Waals surface area contributed by atoms with E-state index in [1.54, 1.807) is 11.3 Å². The monoisotopic (exact) mass is 462 g/mol. The first-order valence-corrected chi connectivity index (χ1v) is 12.1. The lowest BCUT2D eigenvalue weighted by atomic mass is 10.1. The molecule has 2 amide bonds. The Bertz CT molecular complexity index is 1160. The fraction of sp³-hybridized carbons (Fsp3) is 0.320. The van der Waals surface area contributed by atoms with Crippen molar-refractivity contribution in [2.45, 2.75) is 12.8 Å². The third-order valence-electron chi connectivity index (χ3n) is 5.90. The molecular formula is C25H26N4O3S. The number of nitrogens with one attached hydrogen (secondary N) is 1. The molecular weight excluding hydrogens is 436 g/mol. The zero-order valence-corrected chi connectivity index (χ0v) is 19.1. The second-order valence-corrected chi connectivity index (χ2v) is 9.11. The molecule has 1 N–H and O–H groups in total. The SMILES string of the molecule is O=C(CN1CCOCC1)Nc1cccc(-c2nc(-c3cccc(N4CCCC4=O)c3)cs2)c1. The number of carbonyl (C=O) groups is 2. The maximum absolute atomic E-state index is 12.4. The number of thiazole rings is 1. The van der Waals surface area contributed by atoms with E-state index < -0.39 is 0 Å². The van der Waals surface area contributed by atoms with Crippen molar-refractivity contribution in [1.82, 2.24) is 9.88 Å². The van der Waals surface area contributed by atoms with E-state index in [0.29, 0.717) is 26.2 Å². The van der Waals surface area contributed by atoms with E-state index in [2.05, 4.69) is 10.2 Å². The molecule has 0 unspecified atom stereocenters. The number of nitrogens with zero attached hydrogens (tertiary/aromatic N) is 3. The molecule has 33 heavy (non-hydrogen) atoms. The minimum atomic E-state index is -0.0258. The van der Waals surface area contributed by atoms with Crippen LogP contribution in [0.3, 0.4) is 0 Å². The predicted octanol–water partition coefficient (Wildman–Crippen LogP) is 3.87. The summed E-state index contributed by atoms with van der Waals surface area (Å²) >= 11 is 1.57. The van der Waals surface area contributed by atoms with Crippen LogP contribution in [0.4, 0.5) is 11.4 Å². The highest BCUT2D eigenvalue weighted by molar-refractivity contribution is 7.13. The van der Waals surface area contributed by atoms with Crippen molar-refractivity contribution in [3.63, 3.8) is 0 Å². The van der Waals surface area contributed by atoms with Crippen LogP contribution in [0.15, 0.2) is 53.9 Å². The number of ether oxygens (including phenoxy) is 1. The number of hydrogen-bond acceptors (Lipinski definition) is 6. The molecule has 0 atom stereocenters. The molecule has 8 heteroatoms. The molecule has 5 rings (SSSR count). The summed E-state index contributed by atoms with van der Waals surface area (Å²) in [5.41, 5.74) is 4.52. The second kappa shape index (κ2) is 9.82. The van der Waals surface area contributed by atoms with Gasteiger partial charge in [-0.05, 0) is 30.7 Å². The van der Waals surface area contributed by atoms with Gasteiger partial charge in [0.25, 0.3) is 0 Å². The number of benzene rings is 2. The van der Waals surface area contributed by atoms with Gasteiger partial charge in [-0.25, -0.2) is 4.98 Å². The summed E-state index contributed by atoms with van der Waals surface area (Å²) in [5, 5.41) is 5.92. The highest BCUT2D eigenvalue weighted by Gasteiger charge is 2.22. The maximum Gasteiger partial charge on any atom is 0.238 e. The van der Waals surface area contributed by atoms with Crippen LogP contribution in [0.1, 0.15) is 12.8 Å². The van der Waals surface area contributed by atoms with Gasteiger partial charge in [-0.1, -0.05) is 24.3 Å². The summed E-state index contributed by atoms with van der Waals surface area (Å²) in [7, 11) is 0. The Kier molecular flexibility index (Phi) is 6.48. The molecule has 0 bridgehead atoms. The summed E-state index contributed by atoms with van der Waals surface area (Å²) in [6.45, 7) is 4.04. The molecule has 1 aromatic heterocycles. The summed E-state index contributed by atoms with van der Waals surface area (Å²) in [6.07, 6.45) is 1.52. The van der Waals surface area contributed by atoms with Crippen molar-refractivity contribution in [3.8, 4) is 21.8 Å². The first-order chi connectivity index (χ1) is 16.2. The third kappa shape index (κ3) is 5.13. The summed E-state index contributed by atoms with van der Waals surface area (Å²) in [4.78, 5) is 33.3. The molecule has 0 aliphatic carbocycles. The van der Waals surface area contributed by atoms with Gasteiger partial charge in [-0.3, -0.25) is 14.5 Å². The number of hydrogen-bond donors (Lipinski definition) is 1. The van der Waals surface area contributed by atoms with Crippen LogP contribution in [0.25, 0.3) is 21.8 Å². The predicted molar refractivity (Wildman–Crippen MR) is 130 cm³/mol. The van der Waals surface area contributed by atoms with Crippen molar-refractivity contribution in [2.75, 3.05) is 49.6 Å². The Balaban J connectivity index is 1.29. The van der Waals surface area contributed by atoms with Gasteiger partial charge >= 0.3 is 0 Å². The molecule has 2 aliphatic heterocycles. The first-order valence-electron chi connectivity index (χ1n) is 11.2. The zero-order valence-electron chi connectivity index (χ0n) is 18.3. The number of aromatic nitrogens is 1. The first kappa shape index (κ1) is 21.8. The average molecular weight is 463 g/mol. The largest absolute Gasteiger partial charge is 0.379 e. The number of carbonyl (C=O) groups excluding carboxylic acids is 2. The van der Waals surface area contributed by atoms with Crippen molar-refractivity contribution in [1.29, 1.82) is 0 Å². The number of anilines is 2. The lowest BCUT2D eigenvalue weighted by Gasteiger charge is -2.25. The molecule has 3 aromatic rings. The molecule has 0 saturated carbocycles. The van der Waals surface area contributed by atoms with Gasteiger partial charge in [-0.15, -0.1) is 11.3 Å². The molecule has 0 radical (unpaired) electrons. The molecule has 170 valence electrons. The van der Waals surface area contributed by atoms with Crippen LogP contribution < -0.4 is 10.2 Å². The smallest absolute Gasteiger partial charge is 0.238 e. The number of amides is 2. The lowest BCUT2D eigenvalue weighted by molar-refractivity contribution is -0.118. The van der Waals surface area contributed by atoms with Crippen LogP contribution >= 0.6 is 11.3 Å². The highest BCUT2D eigenvalue weighted by atomic mass is 32.1. The lowest BCUT2D eigenvalue weighted by Crippen LogP contribution is -2.41. The van der Waals surface area contributed by atoms with Crippen LogP contribution in [0.5, 0.6) is 0 Å². The summed E-state index contributed by atoms with van der Waals surface area (Å²) in [6, 6.07) is 15.8. The minimum absolute atomic E-state index is 0.0258. The van der Waals surface area contributed by atoms with Crippen molar-refractivity contribution >= 4 is 34.5 Å². The van der Waals surface area contributed by atoms with Gasteiger partial charge in [0, 0.05) is 53.9 Å². The molecule has 2 fully saturated rings. The van der Waals surface area contributed by atoms with E-state index in [1.807, 2.05) is 58.8 Å². The van der Waals surface area contributed by atoms with Crippen LogP contribution in [-0.2, 0) is 14.3 Å². The Labute approximate surface area is 197 Å². The van der Waals surface area contributed by atoms with E-state index in [9.17, 15) is 9.59 Å². The van der Waals surface area contributed by atoms with Gasteiger partial charge in [-0.2, -0.15) is 0 Å². The van der Waals surface area contributed by atoms with Crippen molar-refractivity contribution in [3.05, 3.63) is 53.9 Å². The van der Waals surface area contributed by atoms with Gasteiger partial charge in [0.1, 0.15) is 5.01 Å². The van der Waals surface area contributed by atoms with E-state index in [0.717, 1.165) is 59.3 Å². The van der Waals surface area contributed by atoms with Crippen molar-refractivity contribution < 1.29 is 14.3 Å². The van der Waals surface area contributed by atoms with Crippen LogP contribution in [0, 0.1) is 0 Å². The third-order valence-corrected chi connectivity index (χ3v) is 6.79. The Hall–Kier alpha value is -3.07. The second-order valence-electron chi connectivity index (χ2n) is 8.25. The normalized spacial score (nSPS) is 16.8. The Morgan fingerprint density at radius 3 is 2.70 bits per heavy atom. The van der Waals surface area contributed by atoms with E-state index in [4.69, 9.17) is 9.72 Å². The minimum Gasteiger partial charge on any atom is -0.379 e. The van der Waals surface area contributed by atoms with E-state index in [1.165, 1.54) is 0 Å². The number of morpholine rings is 1. The quantitative estimate of drug-likeness (QED) is 0.602. The van der Waals surface area contributed by atoms with Crippen LogP contribution in [0.2, 0.25) is 0 Å². The number of rotatable bonds is 6. The highest BCUT2D eigenvalue weighted by Crippen LogP contribution is 2.32. The summed E-state index contributed by atoms with van der Waals surface area (Å²) < 4.78 is 5.34. The maximum atomic E-state index is 12.4. The molecule has 7 nitrogen and oxygen atoms in total. The molecule has 3 heterocycles.